The highest BCUT2D eigenvalue weighted by atomic mass is 16.7. The maximum atomic E-state index is 11.2. The van der Waals surface area contributed by atoms with Crippen molar-refractivity contribution in [3.63, 3.8) is 0 Å². The van der Waals surface area contributed by atoms with Crippen molar-refractivity contribution in [1.29, 1.82) is 0 Å². The molecule has 0 N–H and O–H groups in total. The molecule has 88 valence electrons. The fraction of sp³-hybridized carbons (Fsp3) is 0.818. The summed E-state index contributed by atoms with van der Waals surface area (Å²) in [6.07, 6.45) is 2.12. The number of rotatable bonds is 5. The molecule has 0 amide bonds. The molecule has 4 heteroatoms. The number of hydrogen-bond donors (Lipinski definition) is 0. The van der Waals surface area contributed by atoms with Crippen molar-refractivity contribution in [2.24, 2.45) is 5.41 Å². The van der Waals surface area contributed by atoms with E-state index >= 15 is 0 Å². The molecule has 0 aliphatic carbocycles. The van der Waals surface area contributed by atoms with Crippen LogP contribution in [0.4, 0.5) is 0 Å². The van der Waals surface area contributed by atoms with Crippen molar-refractivity contribution >= 4 is 11.9 Å². The molecule has 0 aromatic heterocycles. The first-order valence-corrected chi connectivity index (χ1v) is 5.20. The summed E-state index contributed by atoms with van der Waals surface area (Å²) in [7, 11) is 0. The SMILES string of the molecule is CCCCC(=O)OCOC(=O)C(C)(C)C. The predicted octanol–water partition coefficient (Wildman–Crippen LogP) is 2.27. The fourth-order valence-corrected chi connectivity index (χ4v) is 0.758. The van der Waals surface area contributed by atoms with E-state index in [-0.39, 0.29) is 18.7 Å². The van der Waals surface area contributed by atoms with Gasteiger partial charge in [-0.15, -0.1) is 0 Å². The highest BCUT2D eigenvalue weighted by Crippen LogP contribution is 2.14. The van der Waals surface area contributed by atoms with E-state index < -0.39 is 5.41 Å². The van der Waals surface area contributed by atoms with Crippen molar-refractivity contribution in [2.45, 2.75) is 47.0 Å². The molecule has 0 spiro atoms. The number of unbranched alkanes of at least 4 members (excludes halogenated alkanes) is 1. The molecule has 0 atom stereocenters. The molecule has 0 saturated heterocycles. The Hall–Kier alpha value is -1.06. The zero-order valence-electron chi connectivity index (χ0n) is 9.96. The molecule has 0 aromatic rings. The quantitative estimate of drug-likeness (QED) is 0.522. The molecule has 0 aliphatic heterocycles. The Kier molecular flexibility index (Phi) is 5.97. The van der Waals surface area contributed by atoms with Crippen LogP contribution in [0.15, 0.2) is 0 Å². The smallest absolute Gasteiger partial charge is 0.314 e. The zero-order chi connectivity index (χ0) is 11.9. The van der Waals surface area contributed by atoms with Crippen LogP contribution < -0.4 is 0 Å². The molecule has 0 radical (unpaired) electrons. The van der Waals surface area contributed by atoms with Gasteiger partial charge in [-0.3, -0.25) is 9.59 Å². The summed E-state index contributed by atoms with van der Waals surface area (Å²) in [5.41, 5.74) is -0.560. The topological polar surface area (TPSA) is 52.6 Å². The van der Waals surface area contributed by atoms with Crippen molar-refractivity contribution in [3.05, 3.63) is 0 Å². The van der Waals surface area contributed by atoms with Gasteiger partial charge in [-0.2, -0.15) is 0 Å². The first-order chi connectivity index (χ1) is 6.88. The van der Waals surface area contributed by atoms with Crippen LogP contribution in [0.1, 0.15) is 47.0 Å². The second-order valence-corrected chi connectivity index (χ2v) is 4.42. The molecule has 4 nitrogen and oxygen atoms in total. The number of carbonyl (C=O) groups is 2. The second kappa shape index (κ2) is 6.43. The lowest BCUT2D eigenvalue weighted by atomic mass is 9.98. The predicted molar refractivity (Wildman–Crippen MR) is 56.0 cm³/mol. The third-order valence-corrected chi connectivity index (χ3v) is 1.76. The van der Waals surface area contributed by atoms with E-state index in [4.69, 9.17) is 9.47 Å². The second-order valence-electron chi connectivity index (χ2n) is 4.42. The summed E-state index contributed by atoms with van der Waals surface area (Å²) < 4.78 is 9.50. The van der Waals surface area contributed by atoms with E-state index in [1.54, 1.807) is 20.8 Å². The van der Waals surface area contributed by atoms with Gasteiger partial charge in [0.05, 0.1) is 5.41 Å². The Morgan fingerprint density at radius 3 is 2.20 bits per heavy atom. The van der Waals surface area contributed by atoms with Crippen LogP contribution in [-0.4, -0.2) is 18.7 Å². The fourth-order valence-electron chi connectivity index (χ4n) is 0.758. The van der Waals surface area contributed by atoms with Crippen LogP contribution >= 0.6 is 0 Å². The maximum Gasteiger partial charge on any atom is 0.314 e. The van der Waals surface area contributed by atoms with Crippen molar-refractivity contribution in [1.82, 2.24) is 0 Å². The van der Waals surface area contributed by atoms with Gasteiger partial charge in [0.25, 0.3) is 0 Å². The summed E-state index contributed by atoms with van der Waals surface area (Å²) in [4.78, 5) is 22.3. The van der Waals surface area contributed by atoms with Gasteiger partial charge in [-0.1, -0.05) is 13.3 Å². The molecule has 0 bridgehead atoms. The van der Waals surface area contributed by atoms with Gasteiger partial charge in [0, 0.05) is 6.42 Å². The van der Waals surface area contributed by atoms with Crippen molar-refractivity contribution in [3.8, 4) is 0 Å². The summed E-state index contributed by atoms with van der Waals surface area (Å²) in [5, 5.41) is 0. The maximum absolute atomic E-state index is 11.2. The number of ether oxygens (including phenoxy) is 2. The van der Waals surface area contributed by atoms with E-state index in [1.807, 2.05) is 6.92 Å². The van der Waals surface area contributed by atoms with Crippen molar-refractivity contribution in [2.75, 3.05) is 6.79 Å². The van der Waals surface area contributed by atoms with Gasteiger partial charge in [-0.25, -0.2) is 0 Å². The molecule has 0 saturated carbocycles. The average Bonchev–Trinajstić information content (AvgIpc) is 2.13. The number of hydrogen-bond acceptors (Lipinski definition) is 4. The third kappa shape index (κ3) is 6.94. The monoisotopic (exact) mass is 216 g/mol. The Morgan fingerprint density at radius 1 is 1.13 bits per heavy atom. The molecule has 0 heterocycles. The molecule has 0 aromatic carbocycles. The summed E-state index contributed by atoms with van der Waals surface area (Å²) in [5.74, 6) is -0.690. The van der Waals surface area contributed by atoms with Gasteiger partial charge in [0.2, 0.25) is 6.79 Å². The summed E-state index contributed by atoms with van der Waals surface area (Å²) in [6, 6.07) is 0. The zero-order valence-corrected chi connectivity index (χ0v) is 9.96. The van der Waals surface area contributed by atoms with Gasteiger partial charge in [0.15, 0.2) is 0 Å². The third-order valence-electron chi connectivity index (χ3n) is 1.76. The highest BCUT2D eigenvalue weighted by molar-refractivity contribution is 5.75. The van der Waals surface area contributed by atoms with Gasteiger partial charge < -0.3 is 9.47 Å². The molecule has 15 heavy (non-hydrogen) atoms. The molecule has 0 aliphatic rings. The van der Waals surface area contributed by atoms with E-state index in [1.165, 1.54) is 0 Å². The van der Waals surface area contributed by atoms with Crippen LogP contribution in [0.25, 0.3) is 0 Å². The Labute approximate surface area is 90.9 Å². The van der Waals surface area contributed by atoms with E-state index in [0.29, 0.717) is 6.42 Å². The Bertz CT molecular complexity index is 215. The lowest BCUT2D eigenvalue weighted by Crippen LogP contribution is -2.24. The average molecular weight is 216 g/mol. The lowest BCUT2D eigenvalue weighted by molar-refractivity contribution is -0.173. The van der Waals surface area contributed by atoms with Crippen molar-refractivity contribution < 1.29 is 19.1 Å². The lowest BCUT2D eigenvalue weighted by Gasteiger charge is -2.16. The number of esters is 2. The van der Waals surface area contributed by atoms with Crippen LogP contribution in [-0.2, 0) is 19.1 Å². The summed E-state index contributed by atoms with van der Waals surface area (Å²) >= 11 is 0. The van der Waals surface area contributed by atoms with Crippen LogP contribution in [0.2, 0.25) is 0 Å². The molecular weight excluding hydrogens is 196 g/mol. The Morgan fingerprint density at radius 2 is 1.73 bits per heavy atom. The summed E-state index contributed by atoms with van der Waals surface area (Å²) in [6.45, 7) is 6.95. The van der Waals surface area contributed by atoms with E-state index in [2.05, 4.69) is 0 Å². The van der Waals surface area contributed by atoms with Gasteiger partial charge in [0.1, 0.15) is 0 Å². The van der Waals surface area contributed by atoms with Gasteiger partial charge in [-0.05, 0) is 27.2 Å². The minimum absolute atomic E-state index is 0.279. The largest absolute Gasteiger partial charge is 0.428 e. The minimum Gasteiger partial charge on any atom is -0.428 e. The molecule has 0 rings (SSSR count). The molecular formula is C11H20O4. The first-order valence-electron chi connectivity index (χ1n) is 5.20. The molecule has 0 fully saturated rings. The first kappa shape index (κ1) is 13.9. The Balaban J connectivity index is 3.62. The van der Waals surface area contributed by atoms with E-state index in [0.717, 1.165) is 12.8 Å². The number of carbonyl (C=O) groups excluding carboxylic acids is 2. The van der Waals surface area contributed by atoms with Crippen LogP contribution in [0, 0.1) is 5.41 Å². The normalized spacial score (nSPS) is 10.9. The molecule has 0 unspecified atom stereocenters. The van der Waals surface area contributed by atoms with Crippen LogP contribution in [0.5, 0.6) is 0 Å². The minimum atomic E-state index is -0.560. The van der Waals surface area contributed by atoms with E-state index in [9.17, 15) is 9.59 Å². The highest BCUT2D eigenvalue weighted by Gasteiger charge is 2.23. The standard InChI is InChI=1S/C11H20O4/c1-5-6-7-9(12)14-8-15-10(13)11(2,3)4/h5-8H2,1-4H3. The van der Waals surface area contributed by atoms with Crippen LogP contribution in [0.3, 0.4) is 0 Å². The van der Waals surface area contributed by atoms with Gasteiger partial charge >= 0.3 is 11.9 Å².